The maximum absolute atomic E-state index is 5.92. The molecule has 0 aliphatic carbocycles. The van der Waals surface area contributed by atoms with Crippen molar-refractivity contribution < 1.29 is 4.74 Å². The number of ether oxygens (including phenoxy) is 1. The number of nitrogens with zero attached hydrogens (tertiary/aromatic N) is 2. The average molecular weight is 382 g/mol. The standard InChI is InChI=1S/C14H12BrN3OS2/c15-9-2-1-3-10(8-9)19-5-7-21-14-17-12(16)11-4-6-20-13(11)18-14/h1-4,6,8H,5,7H2,(H2,16,17,18). The summed E-state index contributed by atoms with van der Waals surface area (Å²) in [5.41, 5.74) is 5.92. The summed E-state index contributed by atoms with van der Waals surface area (Å²) >= 11 is 6.53. The summed E-state index contributed by atoms with van der Waals surface area (Å²) in [4.78, 5) is 9.72. The quantitative estimate of drug-likeness (QED) is 0.407. The molecule has 0 fully saturated rings. The second-order valence-electron chi connectivity index (χ2n) is 4.19. The highest BCUT2D eigenvalue weighted by molar-refractivity contribution is 9.10. The van der Waals surface area contributed by atoms with Gasteiger partial charge in [0, 0.05) is 10.2 Å². The molecule has 3 rings (SSSR count). The number of rotatable bonds is 5. The van der Waals surface area contributed by atoms with Crippen LogP contribution in [-0.2, 0) is 0 Å². The first-order chi connectivity index (χ1) is 10.2. The van der Waals surface area contributed by atoms with Crippen LogP contribution < -0.4 is 10.5 Å². The number of hydrogen-bond acceptors (Lipinski definition) is 6. The Bertz CT molecular complexity index is 763. The third-order valence-electron chi connectivity index (χ3n) is 2.71. The Kier molecular flexibility index (Phi) is 4.62. The highest BCUT2D eigenvalue weighted by Gasteiger charge is 2.06. The van der Waals surface area contributed by atoms with Crippen LogP contribution in [0.25, 0.3) is 10.2 Å². The summed E-state index contributed by atoms with van der Waals surface area (Å²) in [6.45, 7) is 0.590. The molecule has 0 radical (unpaired) electrons. The number of benzene rings is 1. The van der Waals surface area contributed by atoms with Gasteiger partial charge in [-0.15, -0.1) is 11.3 Å². The highest BCUT2D eigenvalue weighted by Crippen LogP contribution is 2.26. The van der Waals surface area contributed by atoms with Crippen molar-refractivity contribution in [2.45, 2.75) is 5.16 Å². The van der Waals surface area contributed by atoms with Gasteiger partial charge in [0.25, 0.3) is 0 Å². The van der Waals surface area contributed by atoms with Crippen LogP contribution >= 0.6 is 39.0 Å². The van der Waals surface area contributed by atoms with E-state index in [1.54, 1.807) is 23.1 Å². The van der Waals surface area contributed by atoms with E-state index in [9.17, 15) is 0 Å². The number of nitrogens with two attached hydrogens (primary N) is 1. The summed E-state index contributed by atoms with van der Waals surface area (Å²) < 4.78 is 6.68. The van der Waals surface area contributed by atoms with E-state index in [-0.39, 0.29) is 0 Å². The molecule has 0 atom stereocenters. The second kappa shape index (κ2) is 6.64. The predicted molar refractivity (Wildman–Crippen MR) is 92.2 cm³/mol. The van der Waals surface area contributed by atoms with E-state index in [1.165, 1.54) is 0 Å². The van der Waals surface area contributed by atoms with E-state index >= 15 is 0 Å². The van der Waals surface area contributed by atoms with Crippen molar-refractivity contribution in [3.05, 3.63) is 40.2 Å². The lowest BCUT2D eigenvalue weighted by molar-refractivity contribution is 0.343. The molecule has 0 amide bonds. The first kappa shape index (κ1) is 14.6. The van der Waals surface area contributed by atoms with Crippen molar-refractivity contribution in [2.75, 3.05) is 18.1 Å². The van der Waals surface area contributed by atoms with Crippen LogP contribution in [0.5, 0.6) is 5.75 Å². The van der Waals surface area contributed by atoms with Gasteiger partial charge in [-0.1, -0.05) is 33.8 Å². The molecule has 4 nitrogen and oxygen atoms in total. The number of nitrogen functional groups attached to an aromatic ring is 1. The van der Waals surface area contributed by atoms with Crippen molar-refractivity contribution in [1.29, 1.82) is 0 Å². The first-order valence-corrected chi connectivity index (χ1v) is 8.90. The van der Waals surface area contributed by atoms with Gasteiger partial charge in [0.15, 0.2) is 5.16 Å². The molecule has 1 aromatic carbocycles. The average Bonchev–Trinajstić information content (AvgIpc) is 2.93. The lowest BCUT2D eigenvalue weighted by Gasteiger charge is -2.06. The zero-order chi connectivity index (χ0) is 14.7. The van der Waals surface area contributed by atoms with E-state index in [2.05, 4.69) is 25.9 Å². The molecule has 0 spiro atoms. The highest BCUT2D eigenvalue weighted by atomic mass is 79.9. The third-order valence-corrected chi connectivity index (χ3v) is 4.82. The normalized spacial score (nSPS) is 10.9. The minimum atomic E-state index is 0.539. The minimum Gasteiger partial charge on any atom is -0.493 e. The summed E-state index contributed by atoms with van der Waals surface area (Å²) in [7, 11) is 0. The lowest BCUT2D eigenvalue weighted by Crippen LogP contribution is -2.02. The van der Waals surface area contributed by atoms with Crippen LogP contribution in [0.2, 0.25) is 0 Å². The van der Waals surface area contributed by atoms with E-state index in [4.69, 9.17) is 10.5 Å². The number of halogens is 1. The monoisotopic (exact) mass is 381 g/mol. The molecule has 3 aromatic rings. The zero-order valence-electron chi connectivity index (χ0n) is 11.0. The van der Waals surface area contributed by atoms with Crippen molar-refractivity contribution in [3.8, 4) is 5.75 Å². The molecule has 2 N–H and O–H groups in total. The van der Waals surface area contributed by atoms with Crippen molar-refractivity contribution in [3.63, 3.8) is 0 Å². The molecule has 0 aliphatic rings. The molecule has 0 unspecified atom stereocenters. The smallest absolute Gasteiger partial charge is 0.191 e. The fraction of sp³-hybridized carbons (Fsp3) is 0.143. The first-order valence-electron chi connectivity index (χ1n) is 6.24. The van der Waals surface area contributed by atoms with E-state index < -0.39 is 0 Å². The Morgan fingerprint density at radius 2 is 2.19 bits per heavy atom. The van der Waals surface area contributed by atoms with Crippen molar-refractivity contribution in [2.24, 2.45) is 0 Å². The topological polar surface area (TPSA) is 61.0 Å². The Labute approximate surface area is 138 Å². The SMILES string of the molecule is Nc1nc(SCCOc2cccc(Br)c2)nc2sccc12. The van der Waals surface area contributed by atoms with E-state index in [0.29, 0.717) is 17.6 Å². The largest absolute Gasteiger partial charge is 0.493 e. The van der Waals surface area contributed by atoms with E-state index in [0.717, 1.165) is 26.2 Å². The Balaban J connectivity index is 1.57. The number of hydrogen-bond donors (Lipinski definition) is 1. The summed E-state index contributed by atoms with van der Waals surface area (Å²) in [5.74, 6) is 2.15. The fourth-order valence-electron chi connectivity index (χ4n) is 1.77. The number of fused-ring (bicyclic) bond motifs is 1. The summed E-state index contributed by atoms with van der Waals surface area (Å²) in [6.07, 6.45) is 0. The fourth-order valence-corrected chi connectivity index (χ4v) is 3.65. The zero-order valence-corrected chi connectivity index (χ0v) is 14.2. The van der Waals surface area contributed by atoms with Crippen LogP contribution in [0.4, 0.5) is 5.82 Å². The van der Waals surface area contributed by atoms with Gasteiger partial charge in [-0.3, -0.25) is 0 Å². The van der Waals surface area contributed by atoms with Gasteiger partial charge < -0.3 is 10.5 Å². The molecule has 2 aromatic heterocycles. The Morgan fingerprint density at radius 1 is 1.29 bits per heavy atom. The number of anilines is 1. The molecule has 108 valence electrons. The number of thioether (sulfide) groups is 1. The molecule has 0 saturated carbocycles. The van der Waals surface area contributed by atoms with Gasteiger partial charge in [-0.2, -0.15) is 0 Å². The molecular weight excluding hydrogens is 370 g/mol. The maximum atomic E-state index is 5.92. The number of aromatic nitrogens is 2. The van der Waals surface area contributed by atoms with Crippen LogP contribution in [0.15, 0.2) is 45.3 Å². The predicted octanol–water partition coefficient (Wildman–Crippen LogP) is 4.21. The van der Waals surface area contributed by atoms with Crippen LogP contribution in [0, 0.1) is 0 Å². The van der Waals surface area contributed by atoms with Crippen LogP contribution in [0.1, 0.15) is 0 Å². The second-order valence-corrected chi connectivity index (χ2v) is 7.06. The Hall–Kier alpha value is -1.31. The lowest BCUT2D eigenvalue weighted by atomic mass is 10.3. The molecule has 7 heteroatoms. The Morgan fingerprint density at radius 3 is 3.05 bits per heavy atom. The molecule has 0 aliphatic heterocycles. The molecule has 21 heavy (non-hydrogen) atoms. The summed E-state index contributed by atoms with van der Waals surface area (Å²) in [6, 6.07) is 9.73. The van der Waals surface area contributed by atoms with Gasteiger partial charge in [-0.05, 0) is 29.6 Å². The molecule has 0 saturated heterocycles. The maximum Gasteiger partial charge on any atom is 0.191 e. The minimum absolute atomic E-state index is 0.539. The van der Waals surface area contributed by atoms with Gasteiger partial charge >= 0.3 is 0 Å². The van der Waals surface area contributed by atoms with Crippen LogP contribution in [-0.4, -0.2) is 22.3 Å². The van der Waals surface area contributed by atoms with Gasteiger partial charge in [0.05, 0.1) is 12.0 Å². The van der Waals surface area contributed by atoms with Crippen molar-refractivity contribution >= 4 is 55.1 Å². The van der Waals surface area contributed by atoms with Crippen molar-refractivity contribution in [1.82, 2.24) is 9.97 Å². The van der Waals surface area contributed by atoms with Gasteiger partial charge in [0.2, 0.25) is 0 Å². The van der Waals surface area contributed by atoms with E-state index in [1.807, 2.05) is 35.7 Å². The number of thiophene rings is 1. The van der Waals surface area contributed by atoms with Crippen LogP contribution in [0.3, 0.4) is 0 Å². The molecule has 2 heterocycles. The van der Waals surface area contributed by atoms with Gasteiger partial charge in [-0.25, -0.2) is 9.97 Å². The van der Waals surface area contributed by atoms with Gasteiger partial charge in [0.1, 0.15) is 16.4 Å². The molecule has 0 bridgehead atoms. The third kappa shape index (κ3) is 3.66. The molecular formula is C14H12BrN3OS2. The summed E-state index contributed by atoms with van der Waals surface area (Å²) in [5, 5.41) is 3.59.